The maximum atomic E-state index is 11.9. The Labute approximate surface area is 109 Å². The molecule has 4 N–H and O–H groups in total. The van der Waals surface area contributed by atoms with Gasteiger partial charge in [-0.25, -0.2) is 0 Å². The second-order valence-electron chi connectivity index (χ2n) is 5.11. The van der Waals surface area contributed by atoms with E-state index in [1.54, 1.807) is 4.90 Å². The molecule has 0 saturated carbocycles. The van der Waals surface area contributed by atoms with Gasteiger partial charge in [0.2, 0.25) is 11.8 Å². The van der Waals surface area contributed by atoms with Crippen LogP contribution in [0.15, 0.2) is 0 Å². The number of unbranched alkanes of at least 4 members (excludes halogenated alkanes) is 1. The molecular formula is C13H25N3O2. The van der Waals surface area contributed by atoms with E-state index in [1.807, 2.05) is 0 Å². The molecule has 2 unspecified atom stereocenters. The summed E-state index contributed by atoms with van der Waals surface area (Å²) < 4.78 is 0. The normalized spacial score (nSPS) is 21.3. The fourth-order valence-corrected chi connectivity index (χ4v) is 2.65. The first-order valence-electron chi connectivity index (χ1n) is 6.89. The summed E-state index contributed by atoms with van der Waals surface area (Å²) in [4.78, 5) is 25.1. The number of hydrogen-bond donors (Lipinski definition) is 2. The predicted octanol–water partition coefficient (Wildman–Crippen LogP) is 0.618. The Kier molecular flexibility index (Phi) is 6.12. The second kappa shape index (κ2) is 7.36. The molecule has 0 aliphatic carbocycles. The van der Waals surface area contributed by atoms with Crippen LogP contribution in [0.1, 0.15) is 45.4 Å². The third kappa shape index (κ3) is 3.98. The van der Waals surface area contributed by atoms with Crippen LogP contribution in [0, 0.1) is 5.92 Å². The van der Waals surface area contributed by atoms with Gasteiger partial charge >= 0.3 is 0 Å². The van der Waals surface area contributed by atoms with E-state index in [-0.39, 0.29) is 5.91 Å². The first-order chi connectivity index (χ1) is 8.60. The molecule has 0 radical (unpaired) electrons. The molecule has 1 saturated heterocycles. The van der Waals surface area contributed by atoms with Crippen LogP contribution < -0.4 is 11.5 Å². The summed E-state index contributed by atoms with van der Waals surface area (Å²) in [6, 6.07) is -0.439. The molecule has 0 aromatic carbocycles. The number of primary amides is 1. The van der Waals surface area contributed by atoms with E-state index in [1.165, 1.54) is 0 Å². The lowest BCUT2D eigenvalue weighted by Gasteiger charge is -2.25. The third-order valence-electron chi connectivity index (χ3n) is 3.57. The van der Waals surface area contributed by atoms with Crippen molar-refractivity contribution in [2.75, 3.05) is 13.1 Å². The molecule has 1 aliphatic heterocycles. The van der Waals surface area contributed by atoms with Crippen molar-refractivity contribution in [3.05, 3.63) is 0 Å². The summed E-state index contributed by atoms with van der Waals surface area (Å²) in [7, 11) is 0. The molecule has 2 amide bonds. The molecule has 5 nitrogen and oxygen atoms in total. The number of rotatable bonds is 8. The van der Waals surface area contributed by atoms with Gasteiger partial charge in [0.25, 0.3) is 0 Å². The second-order valence-corrected chi connectivity index (χ2v) is 5.11. The van der Waals surface area contributed by atoms with Crippen molar-refractivity contribution < 1.29 is 9.59 Å². The van der Waals surface area contributed by atoms with Crippen LogP contribution >= 0.6 is 0 Å². The molecule has 0 bridgehead atoms. The fourth-order valence-electron chi connectivity index (χ4n) is 2.65. The van der Waals surface area contributed by atoms with E-state index < -0.39 is 11.9 Å². The molecule has 1 fully saturated rings. The Morgan fingerprint density at radius 3 is 2.78 bits per heavy atom. The molecule has 0 aromatic rings. The SMILES string of the molecule is CCCC1CC(=O)N(C(CCCCN)C(N)=O)C1. The van der Waals surface area contributed by atoms with E-state index in [9.17, 15) is 9.59 Å². The molecular weight excluding hydrogens is 230 g/mol. The average molecular weight is 255 g/mol. The largest absolute Gasteiger partial charge is 0.368 e. The minimum atomic E-state index is -0.439. The van der Waals surface area contributed by atoms with Crippen LogP contribution in [0.2, 0.25) is 0 Å². The van der Waals surface area contributed by atoms with Crippen molar-refractivity contribution in [2.24, 2.45) is 17.4 Å². The van der Waals surface area contributed by atoms with Gasteiger partial charge in [0.15, 0.2) is 0 Å². The van der Waals surface area contributed by atoms with Gasteiger partial charge in [-0.15, -0.1) is 0 Å². The van der Waals surface area contributed by atoms with E-state index in [4.69, 9.17) is 11.5 Å². The Morgan fingerprint density at radius 1 is 1.50 bits per heavy atom. The van der Waals surface area contributed by atoms with Crippen LogP contribution in [0.4, 0.5) is 0 Å². The van der Waals surface area contributed by atoms with E-state index in [2.05, 4.69) is 6.92 Å². The van der Waals surface area contributed by atoms with Crippen molar-refractivity contribution in [1.82, 2.24) is 4.90 Å². The van der Waals surface area contributed by atoms with Crippen LogP contribution in [0.25, 0.3) is 0 Å². The minimum Gasteiger partial charge on any atom is -0.368 e. The number of hydrogen-bond acceptors (Lipinski definition) is 3. The van der Waals surface area contributed by atoms with Crippen LogP contribution in [0.5, 0.6) is 0 Å². The number of nitrogens with two attached hydrogens (primary N) is 2. The van der Waals surface area contributed by atoms with Crippen molar-refractivity contribution in [3.8, 4) is 0 Å². The Hall–Kier alpha value is -1.10. The maximum absolute atomic E-state index is 11.9. The number of carbonyl (C=O) groups excluding carboxylic acids is 2. The fraction of sp³-hybridized carbons (Fsp3) is 0.846. The molecule has 0 spiro atoms. The number of nitrogens with zero attached hydrogens (tertiary/aromatic N) is 1. The molecule has 5 heteroatoms. The van der Waals surface area contributed by atoms with Gasteiger partial charge < -0.3 is 16.4 Å². The van der Waals surface area contributed by atoms with Gasteiger partial charge in [0, 0.05) is 13.0 Å². The third-order valence-corrected chi connectivity index (χ3v) is 3.57. The summed E-state index contributed by atoms with van der Waals surface area (Å²) in [6.07, 6.45) is 5.01. The zero-order valence-electron chi connectivity index (χ0n) is 11.2. The average Bonchev–Trinajstić information content (AvgIpc) is 2.66. The molecule has 1 aliphatic rings. The lowest BCUT2D eigenvalue weighted by Crippen LogP contribution is -2.45. The van der Waals surface area contributed by atoms with Crippen LogP contribution in [0.3, 0.4) is 0 Å². The molecule has 2 atom stereocenters. The van der Waals surface area contributed by atoms with Crippen LogP contribution in [-0.2, 0) is 9.59 Å². The van der Waals surface area contributed by atoms with Gasteiger partial charge in [0.05, 0.1) is 0 Å². The highest BCUT2D eigenvalue weighted by atomic mass is 16.2. The monoisotopic (exact) mass is 255 g/mol. The molecule has 1 rings (SSSR count). The molecule has 1 heterocycles. The molecule has 0 aromatic heterocycles. The Balaban J connectivity index is 2.57. The summed E-state index contributed by atoms with van der Waals surface area (Å²) in [5, 5.41) is 0. The van der Waals surface area contributed by atoms with Crippen molar-refractivity contribution >= 4 is 11.8 Å². The van der Waals surface area contributed by atoms with Gasteiger partial charge in [0.1, 0.15) is 6.04 Å². The van der Waals surface area contributed by atoms with Gasteiger partial charge in [-0.3, -0.25) is 9.59 Å². The molecule has 18 heavy (non-hydrogen) atoms. The number of carbonyl (C=O) groups is 2. The summed E-state index contributed by atoms with van der Waals surface area (Å²) in [5.74, 6) is 0.0707. The zero-order chi connectivity index (χ0) is 13.5. The van der Waals surface area contributed by atoms with Crippen molar-refractivity contribution in [2.45, 2.75) is 51.5 Å². The van der Waals surface area contributed by atoms with Gasteiger partial charge in [-0.05, 0) is 38.1 Å². The lowest BCUT2D eigenvalue weighted by molar-refractivity contribution is -0.136. The van der Waals surface area contributed by atoms with Crippen LogP contribution in [-0.4, -0.2) is 35.8 Å². The topological polar surface area (TPSA) is 89.4 Å². The Morgan fingerprint density at radius 2 is 2.22 bits per heavy atom. The maximum Gasteiger partial charge on any atom is 0.240 e. The number of amides is 2. The van der Waals surface area contributed by atoms with Gasteiger partial charge in [-0.1, -0.05) is 13.3 Å². The van der Waals surface area contributed by atoms with Crippen molar-refractivity contribution in [3.63, 3.8) is 0 Å². The highest BCUT2D eigenvalue weighted by Gasteiger charge is 2.35. The summed E-state index contributed by atoms with van der Waals surface area (Å²) in [6.45, 7) is 3.40. The smallest absolute Gasteiger partial charge is 0.240 e. The van der Waals surface area contributed by atoms with E-state index in [0.29, 0.717) is 31.8 Å². The summed E-state index contributed by atoms with van der Waals surface area (Å²) in [5.41, 5.74) is 10.9. The highest BCUT2D eigenvalue weighted by Crippen LogP contribution is 2.25. The van der Waals surface area contributed by atoms with Gasteiger partial charge in [-0.2, -0.15) is 0 Å². The molecule has 104 valence electrons. The standard InChI is InChI=1S/C13H25N3O2/c1-2-5-10-8-12(17)16(9-10)11(13(15)18)6-3-4-7-14/h10-11H,2-9,14H2,1H3,(H2,15,18). The first-order valence-corrected chi connectivity index (χ1v) is 6.89. The lowest BCUT2D eigenvalue weighted by atomic mass is 10.0. The quantitative estimate of drug-likeness (QED) is 0.623. The highest BCUT2D eigenvalue weighted by molar-refractivity contribution is 5.87. The first kappa shape index (κ1) is 15.0. The predicted molar refractivity (Wildman–Crippen MR) is 70.6 cm³/mol. The van der Waals surface area contributed by atoms with Crippen molar-refractivity contribution in [1.29, 1.82) is 0 Å². The van der Waals surface area contributed by atoms with E-state index >= 15 is 0 Å². The zero-order valence-corrected chi connectivity index (χ0v) is 11.2. The Bertz CT molecular complexity index is 294. The minimum absolute atomic E-state index is 0.0741. The van der Waals surface area contributed by atoms with E-state index in [0.717, 1.165) is 25.7 Å². The summed E-state index contributed by atoms with van der Waals surface area (Å²) >= 11 is 0. The number of likely N-dealkylation sites (tertiary alicyclic amines) is 1.